The zero-order valence-corrected chi connectivity index (χ0v) is 16.4. The van der Waals surface area contributed by atoms with Gasteiger partial charge in [-0.15, -0.1) is 0 Å². The molecule has 1 fully saturated rings. The first-order valence-corrected chi connectivity index (χ1v) is 10.6. The summed E-state index contributed by atoms with van der Waals surface area (Å²) in [4.78, 5) is 19.0. The molecule has 0 amide bonds. The van der Waals surface area contributed by atoms with E-state index in [0.29, 0.717) is 6.04 Å². The Kier molecular flexibility index (Phi) is 4.01. The number of benzene rings is 1. The summed E-state index contributed by atoms with van der Waals surface area (Å²) in [6.45, 7) is 1.59. The van der Waals surface area contributed by atoms with Crippen molar-refractivity contribution in [1.29, 1.82) is 0 Å². The van der Waals surface area contributed by atoms with E-state index in [2.05, 4.69) is 48.9 Å². The molecule has 2 aliphatic heterocycles. The van der Waals surface area contributed by atoms with Crippen LogP contribution in [0.3, 0.4) is 0 Å². The molecule has 1 aliphatic carbocycles. The molecule has 1 aromatic carbocycles. The highest BCUT2D eigenvalue weighted by molar-refractivity contribution is 5.98. The van der Waals surface area contributed by atoms with Gasteiger partial charge < -0.3 is 5.32 Å². The number of aromatic nitrogens is 3. The summed E-state index contributed by atoms with van der Waals surface area (Å²) >= 11 is 0. The van der Waals surface area contributed by atoms with Crippen molar-refractivity contribution < 1.29 is 0 Å². The topological polar surface area (TPSA) is 61.6 Å². The summed E-state index contributed by atoms with van der Waals surface area (Å²) in [6, 6.07) is 13.1. The molecule has 7 nitrogen and oxygen atoms in total. The highest BCUT2D eigenvalue weighted by Gasteiger charge is 2.37. The van der Waals surface area contributed by atoms with Crippen molar-refractivity contribution in [3.8, 4) is 0 Å². The van der Waals surface area contributed by atoms with Crippen molar-refractivity contribution in [3.63, 3.8) is 0 Å². The number of rotatable bonds is 2. The van der Waals surface area contributed by atoms with Gasteiger partial charge in [-0.05, 0) is 31.0 Å². The molecular weight excluding hydrogens is 362 g/mol. The number of para-hydroxylation sites is 2. The van der Waals surface area contributed by atoms with Gasteiger partial charge >= 0.3 is 0 Å². The number of aliphatic imine (C=N–C) groups is 1. The minimum absolute atomic E-state index is 0.0673. The molecule has 3 aliphatic rings. The van der Waals surface area contributed by atoms with Gasteiger partial charge in [-0.1, -0.05) is 37.5 Å². The molecule has 4 heterocycles. The minimum Gasteiger partial charge on any atom is -0.331 e. The second-order valence-corrected chi connectivity index (χ2v) is 8.18. The van der Waals surface area contributed by atoms with E-state index >= 15 is 0 Å². The van der Waals surface area contributed by atoms with Crippen LogP contribution in [0, 0.1) is 0 Å². The van der Waals surface area contributed by atoms with Crippen LogP contribution in [-0.4, -0.2) is 44.8 Å². The molecule has 1 N–H and O–H groups in total. The Morgan fingerprint density at radius 2 is 1.90 bits per heavy atom. The van der Waals surface area contributed by atoms with Crippen LogP contribution in [0.25, 0.3) is 11.0 Å². The Balaban J connectivity index is 1.44. The summed E-state index contributed by atoms with van der Waals surface area (Å²) in [6.07, 6.45) is 10.3. The molecule has 148 valence electrons. The summed E-state index contributed by atoms with van der Waals surface area (Å²) in [5, 5.41) is 3.66. The van der Waals surface area contributed by atoms with E-state index in [1.165, 1.54) is 32.1 Å². The third kappa shape index (κ3) is 2.80. The predicted octanol–water partition coefficient (Wildman–Crippen LogP) is 3.31. The number of pyridine rings is 1. The maximum absolute atomic E-state index is 5.01. The second-order valence-electron chi connectivity index (χ2n) is 8.18. The lowest BCUT2D eigenvalue weighted by Crippen LogP contribution is -2.59. The molecular formula is C22H25N7. The normalized spacial score (nSPS) is 22.7. The molecule has 0 spiro atoms. The third-order valence-corrected chi connectivity index (χ3v) is 6.41. The van der Waals surface area contributed by atoms with E-state index in [-0.39, 0.29) is 6.17 Å². The van der Waals surface area contributed by atoms with Crippen molar-refractivity contribution in [3.05, 3.63) is 54.4 Å². The Morgan fingerprint density at radius 1 is 1.00 bits per heavy atom. The summed E-state index contributed by atoms with van der Waals surface area (Å²) in [5.41, 5.74) is 3.24. The number of imidazole rings is 1. The SMILES string of the molecule is c1cncc([C@H]2NC3=NCN(C4CCCCC4)CN3c3nc4ccccc4n32)c1. The van der Waals surface area contributed by atoms with Gasteiger partial charge in [0.25, 0.3) is 0 Å². The first-order valence-electron chi connectivity index (χ1n) is 10.6. The fraction of sp³-hybridized carbons (Fsp3) is 0.409. The van der Waals surface area contributed by atoms with Crippen LogP contribution in [0.1, 0.15) is 43.8 Å². The third-order valence-electron chi connectivity index (χ3n) is 6.41. The average Bonchev–Trinajstić information content (AvgIpc) is 3.19. The number of fused-ring (bicyclic) bond motifs is 5. The van der Waals surface area contributed by atoms with Gasteiger partial charge in [0.15, 0.2) is 0 Å². The molecule has 1 atom stereocenters. The van der Waals surface area contributed by atoms with Gasteiger partial charge in [-0.2, -0.15) is 0 Å². The van der Waals surface area contributed by atoms with E-state index in [0.717, 1.165) is 41.8 Å². The Hall–Kier alpha value is -2.93. The second kappa shape index (κ2) is 6.84. The lowest BCUT2D eigenvalue weighted by molar-refractivity contribution is 0.156. The van der Waals surface area contributed by atoms with Crippen molar-refractivity contribution in [2.45, 2.75) is 44.3 Å². The highest BCUT2D eigenvalue weighted by Crippen LogP contribution is 2.34. The van der Waals surface area contributed by atoms with E-state index in [4.69, 9.17) is 9.98 Å². The van der Waals surface area contributed by atoms with Crippen LogP contribution >= 0.6 is 0 Å². The monoisotopic (exact) mass is 387 g/mol. The Bertz CT molecular complexity index is 1050. The van der Waals surface area contributed by atoms with Gasteiger partial charge in [-0.25, -0.2) is 9.98 Å². The zero-order chi connectivity index (χ0) is 19.2. The van der Waals surface area contributed by atoms with Gasteiger partial charge in [0.05, 0.1) is 24.4 Å². The largest absolute Gasteiger partial charge is 0.331 e. The fourth-order valence-electron chi connectivity index (χ4n) is 4.93. The quantitative estimate of drug-likeness (QED) is 0.731. The Morgan fingerprint density at radius 3 is 2.76 bits per heavy atom. The molecule has 0 unspecified atom stereocenters. The highest BCUT2D eigenvalue weighted by atomic mass is 15.5. The van der Waals surface area contributed by atoms with Gasteiger partial charge in [0.2, 0.25) is 11.9 Å². The van der Waals surface area contributed by atoms with Gasteiger partial charge in [0.1, 0.15) is 6.17 Å². The number of guanidine groups is 1. The number of anilines is 1. The average molecular weight is 387 g/mol. The molecule has 29 heavy (non-hydrogen) atoms. The first-order chi connectivity index (χ1) is 14.4. The van der Waals surface area contributed by atoms with E-state index < -0.39 is 0 Å². The molecule has 0 radical (unpaired) electrons. The molecule has 7 heteroatoms. The lowest BCUT2D eigenvalue weighted by Gasteiger charge is -2.44. The zero-order valence-electron chi connectivity index (χ0n) is 16.4. The maximum Gasteiger partial charge on any atom is 0.216 e. The molecule has 2 aromatic heterocycles. The summed E-state index contributed by atoms with van der Waals surface area (Å²) in [7, 11) is 0. The van der Waals surface area contributed by atoms with Crippen molar-refractivity contribution in [2.24, 2.45) is 4.99 Å². The van der Waals surface area contributed by atoms with Crippen LogP contribution in [0.4, 0.5) is 5.95 Å². The molecule has 6 rings (SSSR count). The maximum atomic E-state index is 5.01. The Labute approximate surface area is 170 Å². The standard InChI is InChI=1S/C22H25N7/c1-2-8-17(9-3-1)27-14-24-21-26-20(16-7-6-12-23-13-16)29-19-11-5-4-10-18(19)25-22(29)28(21)15-27/h4-7,10-13,17,20H,1-3,8-9,14-15H2,(H,24,26)/t20-/m0/s1. The number of hydrogen-bond donors (Lipinski definition) is 1. The molecule has 0 bridgehead atoms. The van der Waals surface area contributed by atoms with Crippen LogP contribution in [0.15, 0.2) is 53.8 Å². The smallest absolute Gasteiger partial charge is 0.216 e. The number of nitrogens with zero attached hydrogens (tertiary/aromatic N) is 6. The minimum atomic E-state index is -0.0673. The summed E-state index contributed by atoms with van der Waals surface area (Å²) in [5.74, 6) is 1.87. The van der Waals surface area contributed by atoms with Crippen LogP contribution in [0.2, 0.25) is 0 Å². The van der Waals surface area contributed by atoms with Crippen LogP contribution in [-0.2, 0) is 0 Å². The fourth-order valence-corrected chi connectivity index (χ4v) is 4.93. The van der Waals surface area contributed by atoms with Crippen molar-refractivity contribution in [1.82, 2.24) is 24.8 Å². The molecule has 3 aromatic rings. The van der Waals surface area contributed by atoms with Gasteiger partial charge in [0, 0.05) is 24.0 Å². The van der Waals surface area contributed by atoms with Gasteiger partial charge in [-0.3, -0.25) is 19.4 Å². The number of hydrogen-bond acceptors (Lipinski definition) is 6. The van der Waals surface area contributed by atoms with Crippen molar-refractivity contribution >= 4 is 22.9 Å². The van der Waals surface area contributed by atoms with Crippen molar-refractivity contribution in [2.75, 3.05) is 18.2 Å². The predicted molar refractivity (Wildman–Crippen MR) is 114 cm³/mol. The molecule has 0 saturated heterocycles. The summed E-state index contributed by atoms with van der Waals surface area (Å²) < 4.78 is 2.29. The van der Waals surface area contributed by atoms with E-state index in [9.17, 15) is 0 Å². The van der Waals surface area contributed by atoms with E-state index in [1.807, 2.05) is 24.5 Å². The number of nitrogens with one attached hydrogen (secondary N) is 1. The lowest BCUT2D eigenvalue weighted by atomic mass is 9.94. The van der Waals surface area contributed by atoms with E-state index in [1.54, 1.807) is 0 Å². The molecule has 1 saturated carbocycles. The van der Waals surface area contributed by atoms with Crippen LogP contribution in [0.5, 0.6) is 0 Å². The van der Waals surface area contributed by atoms with Crippen LogP contribution < -0.4 is 10.2 Å². The first kappa shape index (κ1) is 17.0.